The van der Waals surface area contributed by atoms with E-state index >= 15 is 0 Å². The zero-order valence-corrected chi connectivity index (χ0v) is 17.6. The van der Waals surface area contributed by atoms with Crippen molar-refractivity contribution in [3.05, 3.63) is 109 Å². The fourth-order valence-electron chi connectivity index (χ4n) is 3.08. The Labute approximate surface area is 181 Å². The Balaban J connectivity index is 1.46. The maximum absolute atomic E-state index is 12.7. The van der Waals surface area contributed by atoms with Crippen molar-refractivity contribution in [3.8, 4) is 16.9 Å². The third-order valence-electron chi connectivity index (χ3n) is 4.75. The standard InChI is InChI=1S/C25H21N2O3P/c26-23-16-13-20(18-7-3-1-4-8-18)17-24(23)27-25(28)19-11-14-21(15-12-19)30-31(29)22-9-5-2-6-10-22/h1-17,31H,26H2,(H,27,28). The fourth-order valence-corrected chi connectivity index (χ4v) is 4.02. The van der Waals surface area contributed by atoms with Crippen LogP contribution in [-0.4, -0.2) is 5.91 Å². The van der Waals surface area contributed by atoms with Gasteiger partial charge in [0.1, 0.15) is 5.75 Å². The summed E-state index contributed by atoms with van der Waals surface area (Å²) in [6.07, 6.45) is 0. The first-order valence-corrected chi connectivity index (χ1v) is 11.1. The highest BCUT2D eigenvalue weighted by Gasteiger charge is 2.11. The Hall–Kier alpha value is -3.82. The van der Waals surface area contributed by atoms with E-state index < -0.39 is 8.03 Å². The first-order chi connectivity index (χ1) is 15.1. The minimum absolute atomic E-state index is 0.292. The molecule has 31 heavy (non-hydrogen) atoms. The van der Waals surface area contributed by atoms with Gasteiger partial charge in [0, 0.05) is 10.9 Å². The summed E-state index contributed by atoms with van der Waals surface area (Å²) in [5, 5.41) is 3.50. The zero-order chi connectivity index (χ0) is 21.6. The number of hydrogen-bond acceptors (Lipinski definition) is 4. The zero-order valence-electron chi connectivity index (χ0n) is 16.6. The molecule has 0 bridgehead atoms. The summed E-state index contributed by atoms with van der Waals surface area (Å²) in [5.74, 6) is 0.147. The van der Waals surface area contributed by atoms with E-state index in [1.807, 2.05) is 60.7 Å². The van der Waals surface area contributed by atoms with Gasteiger partial charge in [-0.2, -0.15) is 0 Å². The second kappa shape index (κ2) is 9.33. The van der Waals surface area contributed by atoms with Crippen LogP contribution >= 0.6 is 8.03 Å². The Morgan fingerprint density at radius 1 is 0.774 bits per heavy atom. The Bertz CT molecular complexity index is 1210. The molecule has 0 heterocycles. The lowest BCUT2D eigenvalue weighted by Crippen LogP contribution is -2.13. The molecule has 0 radical (unpaired) electrons. The molecule has 154 valence electrons. The van der Waals surface area contributed by atoms with Crippen LogP contribution in [0.2, 0.25) is 0 Å². The lowest BCUT2D eigenvalue weighted by molar-refractivity contribution is 0.102. The summed E-state index contributed by atoms with van der Waals surface area (Å²) in [6, 6.07) is 30.9. The van der Waals surface area contributed by atoms with Crippen molar-refractivity contribution in [3.63, 3.8) is 0 Å². The minimum atomic E-state index is -2.40. The number of rotatable bonds is 6. The molecule has 0 saturated heterocycles. The molecule has 0 aromatic heterocycles. The Morgan fingerprint density at radius 3 is 2.10 bits per heavy atom. The maximum atomic E-state index is 12.7. The third-order valence-corrected chi connectivity index (χ3v) is 5.97. The van der Waals surface area contributed by atoms with Crippen molar-refractivity contribution in [2.75, 3.05) is 11.1 Å². The molecule has 3 N–H and O–H groups in total. The van der Waals surface area contributed by atoms with Crippen molar-refractivity contribution in [1.29, 1.82) is 0 Å². The van der Waals surface area contributed by atoms with Crippen molar-refractivity contribution in [1.82, 2.24) is 0 Å². The number of carbonyl (C=O) groups excluding carboxylic acids is 1. The van der Waals surface area contributed by atoms with Gasteiger partial charge in [0.15, 0.2) is 0 Å². The van der Waals surface area contributed by atoms with Gasteiger partial charge in [-0.3, -0.25) is 9.36 Å². The maximum Gasteiger partial charge on any atom is 0.265 e. The summed E-state index contributed by atoms with van der Waals surface area (Å²) in [4.78, 5) is 12.7. The van der Waals surface area contributed by atoms with E-state index in [2.05, 4.69) is 5.32 Å². The van der Waals surface area contributed by atoms with Crippen LogP contribution < -0.4 is 20.9 Å². The van der Waals surface area contributed by atoms with Gasteiger partial charge in [0.25, 0.3) is 13.9 Å². The average Bonchev–Trinajstić information content (AvgIpc) is 2.82. The molecule has 1 amide bonds. The highest BCUT2D eigenvalue weighted by atomic mass is 31.1. The highest BCUT2D eigenvalue weighted by molar-refractivity contribution is 7.48. The van der Waals surface area contributed by atoms with Crippen molar-refractivity contribution in [2.45, 2.75) is 0 Å². The van der Waals surface area contributed by atoms with Crippen LogP contribution in [0, 0.1) is 0 Å². The molecular formula is C25H21N2O3P. The van der Waals surface area contributed by atoms with E-state index in [9.17, 15) is 9.36 Å². The number of benzene rings is 4. The molecule has 0 aliphatic carbocycles. The number of nitrogens with two attached hydrogens (primary N) is 1. The van der Waals surface area contributed by atoms with E-state index in [0.717, 1.165) is 11.1 Å². The van der Waals surface area contributed by atoms with Gasteiger partial charge >= 0.3 is 0 Å². The largest absolute Gasteiger partial charge is 0.442 e. The van der Waals surface area contributed by atoms with Gasteiger partial charge in [-0.1, -0.05) is 54.6 Å². The average molecular weight is 428 g/mol. The van der Waals surface area contributed by atoms with Gasteiger partial charge in [0.05, 0.1) is 11.4 Å². The number of amides is 1. The molecule has 0 spiro atoms. The predicted molar refractivity (Wildman–Crippen MR) is 126 cm³/mol. The van der Waals surface area contributed by atoms with Crippen LogP contribution in [-0.2, 0) is 4.57 Å². The highest BCUT2D eigenvalue weighted by Crippen LogP contribution is 2.29. The van der Waals surface area contributed by atoms with Gasteiger partial charge < -0.3 is 15.6 Å². The molecule has 1 unspecified atom stereocenters. The molecule has 6 heteroatoms. The van der Waals surface area contributed by atoms with Crippen LogP contribution in [0.15, 0.2) is 103 Å². The Morgan fingerprint density at radius 2 is 1.42 bits per heavy atom. The SMILES string of the molecule is Nc1ccc(-c2ccccc2)cc1NC(=O)c1ccc(O[PH](=O)c2ccccc2)cc1. The van der Waals surface area contributed by atoms with E-state index in [0.29, 0.717) is 28.0 Å². The first kappa shape index (κ1) is 20.5. The number of carbonyl (C=O) groups is 1. The molecule has 4 aromatic carbocycles. The second-order valence-corrected chi connectivity index (χ2v) is 8.26. The smallest absolute Gasteiger partial charge is 0.265 e. The van der Waals surface area contributed by atoms with Crippen LogP contribution in [0.3, 0.4) is 0 Å². The van der Waals surface area contributed by atoms with Crippen LogP contribution in [0.25, 0.3) is 11.1 Å². The predicted octanol–water partition coefficient (Wildman–Crippen LogP) is 5.37. The van der Waals surface area contributed by atoms with Crippen molar-refractivity contribution >= 4 is 30.6 Å². The molecule has 0 aliphatic heterocycles. The summed E-state index contributed by atoms with van der Waals surface area (Å²) in [6.45, 7) is 0. The molecule has 0 fully saturated rings. The van der Waals surface area contributed by atoms with E-state index in [1.54, 1.807) is 42.5 Å². The summed E-state index contributed by atoms with van der Waals surface area (Å²) < 4.78 is 17.9. The molecule has 0 saturated carbocycles. The monoisotopic (exact) mass is 428 g/mol. The quantitative estimate of drug-likeness (QED) is 0.320. The lowest BCUT2D eigenvalue weighted by atomic mass is 10.0. The molecule has 4 aromatic rings. The normalized spacial score (nSPS) is 11.5. The summed E-state index contributed by atoms with van der Waals surface area (Å²) in [5.41, 5.74) is 9.52. The number of hydrogen-bond donors (Lipinski definition) is 2. The van der Waals surface area contributed by atoms with Gasteiger partial charge in [-0.25, -0.2) is 0 Å². The first-order valence-electron chi connectivity index (χ1n) is 9.74. The van der Waals surface area contributed by atoms with Gasteiger partial charge in [-0.05, 0) is 59.7 Å². The molecular weight excluding hydrogens is 407 g/mol. The number of nitrogens with one attached hydrogen (secondary N) is 1. The third kappa shape index (κ3) is 5.03. The molecule has 0 aliphatic rings. The summed E-state index contributed by atoms with van der Waals surface area (Å²) >= 11 is 0. The van der Waals surface area contributed by atoms with Crippen LogP contribution in [0.4, 0.5) is 11.4 Å². The van der Waals surface area contributed by atoms with Gasteiger partial charge in [-0.15, -0.1) is 0 Å². The molecule has 4 rings (SSSR count). The van der Waals surface area contributed by atoms with E-state index in [-0.39, 0.29) is 5.91 Å². The number of nitrogen functional groups attached to an aromatic ring is 1. The summed E-state index contributed by atoms with van der Waals surface area (Å²) in [7, 11) is -2.40. The number of anilines is 2. The second-order valence-electron chi connectivity index (χ2n) is 6.90. The van der Waals surface area contributed by atoms with E-state index in [4.69, 9.17) is 10.3 Å². The van der Waals surface area contributed by atoms with Crippen LogP contribution in [0.5, 0.6) is 5.75 Å². The Kier molecular flexibility index (Phi) is 6.16. The van der Waals surface area contributed by atoms with Crippen LogP contribution in [0.1, 0.15) is 10.4 Å². The molecule has 1 atom stereocenters. The fraction of sp³-hybridized carbons (Fsp3) is 0. The molecule has 5 nitrogen and oxygen atoms in total. The van der Waals surface area contributed by atoms with Crippen molar-refractivity contribution < 1.29 is 13.9 Å². The van der Waals surface area contributed by atoms with Crippen molar-refractivity contribution in [2.24, 2.45) is 0 Å². The van der Waals surface area contributed by atoms with E-state index in [1.165, 1.54) is 0 Å². The lowest BCUT2D eigenvalue weighted by Gasteiger charge is -2.11. The van der Waals surface area contributed by atoms with Gasteiger partial charge in [0.2, 0.25) is 0 Å². The minimum Gasteiger partial charge on any atom is -0.442 e. The topological polar surface area (TPSA) is 81.4 Å².